The van der Waals surface area contributed by atoms with Gasteiger partial charge in [0, 0.05) is 25.3 Å². The average molecular weight is 332 g/mol. The van der Waals surface area contributed by atoms with Crippen molar-refractivity contribution in [3.63, 3.8) is 0 Å². The molecule has 2 aromatic rings. The molecule has 7 heteroatoms. The zero-order chi connectivity index (χ0) is 16.1. The molecule has 1 aromatic carbocycles. The number of ether oxygens (including phenoxy) is 1. The third kappa shape index (κ3) is 4.04. The number of aryl methyl sites for hydroxylation is 1. The molecule has 0 bridgehead atoms. The van der Waals surface area contributed by atoms with Crippen LogP contribution < -0.4 is 10.1 Å². The minimum absolute atomic E-state index is 0.0292. The van der Waals surface area contributed by atoms with Gasteiger partial charge in [-0.05, 0) is 24.5 Å². The van der Waals surface area contributed by atoms with Gasteiger partial charge in [-0.3, -0.25) is 4.79 Å². The van der Waals surface area contributed by atoms with E-state index in [2.05, 4.69) is 15.5 Å². The van der Waals surface area contributed by atoms with Crippen LogP contribution in [0.15, 0.2) is 35.7 Å². The predicted molar refractivity (Wildman–Crippen MR) is 88.5 cm³/mol. The van der Waals surface area contributed by atoms with Gasteiger partial charge in [-0.1, -0.05) is 30.0 Å². The number of nitrogens with zero attached hydrogens (tertiary/aromatic N) is 3. The number of para-hydroxylation sites is 1. The molecule has 23 heavy (non-hydrogen) atoms. The SMILES string of the molecule is Cn1cnnc1SCCNC(=O)C1CCOc2ccccc2C1. The summed E-state index contributed by atoms with van der Waals surface area (Å²) in [4.78, 5) is 12.4. The summed E-state index contributed by atoms with van der Waals surface area (Å²) in [6.07, 6.45) is 3.15. The second-order valence-electron chi connectivity index (χ2n) is 5.51. The lowest BCUT2D eigenvalue weighted by molar-refractivity contribution is -0.125. The number of amides is 1. The lowest BCUT2D eigenvalue weighted by atomic mass is 9.96. The fourth-order valence-electron chi connectivity index (χ4n) is 2.58. The number of hydrogen-bond donors (Lipinski definition) is 1. The molecule has 0 saturated heterocycles. The molecule has 1 amide bonds. The molecule has 2 heterocycles. The fraction of sp³-hybridized carbons (Fsp3) is 0.438. The predicted octanol–water partition coefficient (Wildman–Crippen LogP) is 1.66. The highest BCUT2D eigenvalue weighted by atomic mass is 32.2. The topological polar surface area (TPSA) is 69.0 Å². The first-order valence-corrected chi connectivity index (χ1v) is 8.68. The quantitative estimate of drug-likeness (QED) is 0.666. The third-order valence-corrected chi connectivity index (χ3v) is 4.87. The summed E-state index contributed by atoms with van der Waals surface area (Å²) in [5, 5.41) is 11.7. The standard InChI is InChI=1S/C16H20N4O2S/c1-20-11-18-19-16(20)23-9-7-17-15(21)13-6-8-22-14-5-3-2-4-12(14)10-13/h2-5,11,13H,6-10H2,1H3,(H,17,21). The van der Waals surface area contributed by atoms with Crippen molar-refractivity contribution in [2.24, 2.45) is 13.0 Å². The van der Waals surface area contributed by atoms with Crippen LogP contribution in [0.4, 0.5) is 0 Å². The number of carbonyl (C=O) groups is 1. The van der Waals surface area contributed by atoms with Gasteiger partial charge in [0.05, 0.1) is 6.61 Å². The Kier molecular flexibility index (Phi) is 5.17. The number of carbonyl (C=O) groups excluding carboxylic acids is 1. The molecule has 1 aliphatic rings. The van der Waals surface area contributed by atoms with Crippen LogP contribution in [0.25, 0.3) is 0 Å². The molecule has 0 spiro atoms. The van der Waals surface area contributed by atoms with Crippen LogP contribution in [0.1, 0.15) is 12.0 Å². The molecule has 1 aliphatic heterocycles. The van der Waals surface area contributed by atoms with Gasteiger partial charge in [-0.25, -0.2) is 0 Å². The Morgan fingerprint density at radius 3 is 3.17 bits per heavy atom. The highest BCUT2D eigenvalue weighted by Gasteiger charge is 2.23. The molecular weight excluding hydrogens is 312 g/mol. The van der Waals surface area contributed by atoms with Crippen molar-refractivity contribution in [3.8, 4) is 5.75 Å². The number of rotatable bonds is 5. The molecule has 0 fully saturated rings. The minimum Gasteiger partial charge on any atom is -0.493 e. The Morgan fingerprint density at radius 2 is 2.35 bits per heavy atom. The lowest BCUT2D eigenvalue weighted by Gasteiger charge is -2.13. The monoisotopic (exact) mass is 332 g/mol. The van der Waals surface area contributed by atoms with E-state index in [1.54, 1.807) is 18.1 Å². The Hall–Kier alpha value is -2.02. The van der Waals surface area contributed by atoms with Gasteiger partial charge >= 0.3 is 0 Å². The average Bonchev–Trinajstić information content (AvgIpc) is 2.84. The molecular formula is C16H20N4O2S. The zero-order valence-electron chi connectivity index (χ0n) is 13.1. The molecule has 3 rings (SSSR count). The van der Waals surface area contributed by atoms with E-state index in [1.165, 1.54) is 0 Å². The Morgan fingerprint density at radius 1 is 1.48 bits per heavy atom. The molecule has 1 unspecified atom stereocenters. The van der Waals surface area contributed by atoms with Crippen LogP contribution >= 0.6 is 11.8 Å². The Balaban J connectivity index is 1.48. The molecule has 122 valence electrons. The van der Waals surface area contributed by atoms with Crippen molar-refractivity contribution in [2.45, 2.75) is 18.0 Å². The number of thioether (sulfide) groups is 1. The van der Waals surface area contributed by atoms with Gasteiger partial charge < -0.3 is 14.6 Å². The van der Waals surface area contributed by atoms with Crippen molar-refractivity contribution < 1.29 is 9.53 Å². The number of fused-ring (bicyclic) bond motifs is 1. The normalized spacial score (nSPS) is 17.0. The van der Waals surface area contributed by atoms with Gasteiger partial charge in [0.2, 0.25) is 5.91 Å². The van der Waals surface area contributed by atoms with Crippen molar-refractivity contribution in [1.82, 2.24) is 20.1 Å². The molecule has 1 aromatic heterocycles. The number of hydrogen-bond acceptors (Lipinski definition) is 5. The Labute approximate surface area is 139 Å². The third-order valence-electron chi connectivity index (χ3n) is 3.84. The van der Waals surface area contributed by atoms with Crippen LogP contribution in [-0.2, 0) is 18.3 Å². The van der Waals surface area contributed by atoms with Crippen molar-refractivity contribution >= 4 is 17.7 Å². The van der Waals surface area contributed by atoms with Gasteiger partial charge in [0.25, 0.3) is 0 Å². The number of aromatic nitrogens is 3. The summed E-state index contributed by atoms with van der Waals surface area (Å²) in [5.74, 6) is 1.75. The maximum Gasteiger partial charge on any atom is 0.223 e. The van der Waals surface area contributed by atoms with E-state index in [0.717, 1.165) is 35.1 Å². The fourth-order valence-corrected chi connectivity index (χ4v) is 3.32. The highest BCUT2D eigenvalue weighted by molar-refractivity contribution is 7.99. The number of benzene rings is 1. The number of nitrogens with one attached hydrogen (secondary N) is 1. The van der Waals surface area contributed by atoms with E-state index < -0.39 is 0 Å². The first-order valence-electron chi connectivity index (χ1n) is 7.69. The summed E-state index contributed by atoms with van der Waals surface area (Å²) in [5.41, 5.74) is 1.11. The summed E-state index contributed by atoms with van der Waals surface area (Å²) in [6.45, 7) is 1.21. The van der Waals surface area contributed by atoms with Crippen molar-refractivity contribution in [2.75, 3.05) is 18.9 Å². The summed E-state index contributed by atoms with van der Waals surface area (Å²) in [6, 6.07) is 7.95. The second kappa shape index (κ2) is 7.50. The molecule has 6 nitrogen and oxygen atoms in total. The summed E-state index contributed by atoms with van der Waals surface area (Å²) in [7, 11) is 1.91. The maximum atomic E-state index is 12.4. The van der Waals surface area contributed by atoms with Gasteiger partial charge in [-0.2, -0.15) is 0 Å². The minimum atomic E-state index is -0.0292. The zero-order valence-corrected chi connectivity index (χ0v) is 13.9. The second-order valence-corrected chi connectivity index (χ2v) is 6.57. The van der Waals surface area contributed by atoms with E-state index in [-0.39, 0.29) is 11.8 Å². The maximum absolute atomic E-state index is 12.4. The first kappa shape index (κ1) is 15.9. The molecule has 0 saturated carbocycles. The van der Waals surface area contributed by atoms with E-state index in [1.807, 2.05) is 35.9 Å². The van der Waals surface area contributed by atoms with E-state index in [9.17, 15) is 4.79 Å². The van der Waals surface area contributed by atoms with E-state index in [4.69, 9.17) is 4.74 Å². The molecule has 1 atom stereocenters. The van der Waals surface area contributed by atoms with Crippen LogP contribution in [-0.4, -0.2) is 39.6 Å². The summed E-state index contributed by atoms with van der Waals surface area (Å²) >= 11 is 1.58. The van der Waals surface area contributed by atoms with Crippen LogP contribution in [0, 0.1) is 5.92 Å². The van der Waals surface area contributed by atoms with Crippen LogP contribution in [0.2, 0.25) is 0 Å². The van der Waals surface area contributed by atoms with Gasteiger partial charge in [-0.15, -0.1) is 10.2 Å². The largest absolute Gasteiger partial charge is 0.493 e. The smallest absolute Gasteiger partial charge is 0.223 e. The van der Waals surface area contributed by atoms with E-state index in [0.29, 0.717) is 13.2 Å². The molecule has 0 radical (unpaired) electrons. The van der Waals surface area contributed by atoms with Crippen LogP contribution in [0.3, 0.4) is 0 Å². The van der Waals surface area contributed by atoms with Crippen molar-refractivity contribution in [3.05, 3.63) is 36.2 Å². The van der Waals surface area contributed by atoms with Gasteiger partial charge in [0.1, 0.15) is 12.1 Å². The molecule has 1 N–H and O–H groups in total. The highest BCUT2D eigenvalue weighted by Crippen LogP contribution is 2.26. The summed E-state index contributed by atoms with van der Waals surface area (Å²) < 4.78 is 7.58. The Bertz CT molecular complexity index is 674. The van der Waals surface area contributed by atoms with E-state index >= 15 is 0 Å². The van der Waals surface area contributed by atoms with Gasteiger partial charge in [0.15, 0.2) is 5.16 Å². The van der Waals surface area contributed by atoms with Crippen LogP contribution in [0.5, 0.6) is 5.75 Å². The molecule has 0 aliphatic carbocycles. The first-order chi connectivity index (χ1) is 11.2. The lowest BCUT2D eigenvalue weighted by Crippen LogP contribution is -2.33. The van der Waals surface area contributed by atoms with Crippen molar-refractivity contribution in [1.29, 1.82) is 0 Å².